The zero-order valence-electron chi connectivity index (χ0n) is 19.7. The van der Waals surface area contributed by atoms with Crippen LogP contribution in [0.1, 0.15) is 43.2 Å². The van der Waals surface area contributed by atoms with Gasteiger partial charge in [0.2, 0.25) is 0 Å². The summed E-state index contributed by atoms with van der Waals surface area (Å²) in [4.78, 5) is 39.8. The molecule has 35 heavy (non-hydrogen) atoms. The quantitative estimate of drug-likeness (QED) is 0.683. The van der Waals surface area contributed by atoms with Crippen molar-refractivity contribution in [3.8, 4) is 11.1 Å². The van der Waals surface area contributed by atoms with Gasteiger partial charge in [0.15, 0.2) is 0 Å². The predicted octanol–water partition coefficient (Wildman–Crippen LogP) is 3.40. The van der Waals surface area contributed by atoms with Crippen LogP contribution in [0.25, 0.3) is 11.1 Å². The molecule has 2 heterocycles. The topological polar surface area (TPSA) is 105 Å². The summed E-state index contributed by atoms with van der Waals surface area (Å²) in [7, 11) is 0. The first-order valence-corrected chi connectivity index (χ1v) is 12.2. The van der Waals surface area contributed by atoms with Crippen LogP contribution in [-0.2, 0) is 19.1 Å². The van der Waals surface area contributed by atoms with E-state index in [1.165, 1.54) is 0 Å². The van der Waals surface area contributed by atoms with Crippen molar-refractivity contribution < 1.29 is 29.0 Å². The van der Waals surface area contributed by atoms with Crippen molar-refractivity contribution in [2.75, 3.05) is 26.4 Å². The molecule has 2 aromatic rings. The molecule has 8 nitrogen and oxygen atoms in total. The van der Waals surface area contributed by atoms with Crippen molar-refractivity contribution in [2.24, 2.45) is 5.92 Å². The highest BCUT2D eigenvalue weighted by molar-refractivity contribution is 5.91. The number of ether oxygens (including phenoxy) is 2. The fraction of sp³-hybridized carbons (Fsp3) is 0.444. The van der Waals surface area contributed by atoms with Crippen molar-refractivity contribution in [3.63, 3.8) is 0 Å². The van der Waals surface area contributed by atoms with Gasteiger partial charge in [0, 0.05) is 31.5 Å². The summed E-state index contributed by atoms with van der Waals surface area (Å²) in [6.07, 6.45) is 0.778. The van der Waals surface area contributed by atoms with Gasteiger partial charge >= 0.3 is 12.1 Å². The number of nitrogens with one attached hydrogen (secondary N) is 1. The first-order chi connectivity index (χ1) is 16.9. The number of likely N-dealkylation sites (tertiary alicyclic amines) is 1. The lowest BCUT2D eigenvalue weighted by Crippen LogP contribution is -2.63. The molecule has 3 atom stereocenters. The normalized spacial score (nSPS) is 25.6. The largest absolute Gasteiger partial charge is 0.481 e. The fourth-order valence-electron chi connectivity index (χ4n) is 5.75. The van der Waals surface area contributed by atoms with Gasteiger partial charge in [-0.1, -0.05) is 48.5 Å². The summed E-state index contributed by atoms with van der Waals surface area (Å²) in [5.74, 6) is -1.92. The highest BCUT2D eigenvalue weighted by atomic mass is 16.6. The van der Waals surface area contributed by atoms with E-state index in [4.69, 9.17) is 9.47 Å². The monoisotopic (exact) mass is 478 g/mol. The van der Waals surface area contributed by atoms with E-state index in [2.05, 4.69) is 17.4 Å². The van der Waals surface area contributed by atoms with Crippen LogP contribution in [0.4, 0.5) is 4.79 Å². The number of amides is 2. The molecule has 2 amide bonds. The van der Waals surface area contributed by atoms with Crippen LogP contribution >= 0.6 is 0 Å². The number of aliphatic carboxylic acids is 1. The highest BCUT2D eigenvalue weighted by Crippen LogP contribution is 2.44. The van der Waals surface area contributed by atoms with Gasteiger partial charge in [0.1, 0.15) is 12.1 Å². The second-order valence-electron chi connectivity index (χ2n) is 9.66. The average Bonchev–Trinajstić information content (AvgIpc) is 3.46. The maximum atomic E-state index is 13.6. The third-order valence-corrected chi connectivity index (χ3v) is 7.68. The van der Waals surface area contributed by atoms with Crippen molar-refractivity contribution in [3.05, 3.63) is 59.7 Å². The van der Waals surface area contributed by atoms with Crippen molar-refractivity contribution in [1.82, 2.24) is 10.2 Å². The standard InChI is InChI=1S/C27H30N2O6/c1-17-18(24(30)31)11-6-13-29(17)25(32)27(12-14-34-16-27)28-26(33)35-15-23-21-9-4-2-7-19(21)20-8-3-5-10-22(20)23/h2-5,7-10,17-18,23H,6,11-16H2,1H3,(H,28,33)(H,30,31). The highest BCUT2D eigenvalue weighted by Gasteiger charge is 2.49. The van der Waals surface area contributed by atoms with E-state index in [1.807, 2.05) is 36.4 Å². The van der Waals surface area contributed by atoms with Gasteiger partial charge in [-0.2, -0.15) is 0 Å². The Labute approximate surface area is 204 Å². The number of carboxylic acids is 1. The van der Waals surface area contributed by atoms with Gasteiger partial charge in [0.05, 0.1) is 12.5 Å². The summed E-state index contributed by atoms with van der Waals surface area (Å²) >= 11 is 0. The number of piperidine rings is 1. The van der Waals surface area contributed by atoms with Gasteiger partial charge in [-0.05, 0) is 42.0 Å². The lowest BCUT2D eigenvalue weighted by molar-refractivity contribution is -0.151. The van der Waals surface area contributed by atoms with E-state index in [-0.39, 0.29) is 25.0 Å². The van der Waals surface area contributed by atoms with Crippen LogP contribution in [-0.4, -0.2) is 65.9 Å². The molecular formula is C27H30N2O6. The van der Waals surface area contributed by atoms with Crippen LogP contribution in [0.3, 0.4) is 0 Å². The van der Waals surface area contributed by atoms with E-state index in [0.29, 0.717) is 32.4 Å². The Hall–Kier alpha value is -3.39. The number of carbonyl (C=O) groups is 3. The molecule has 0 spiro atoms. The summed E-state index contributed by atoms with van der Waals surface area (Å²) in [5, 5.41) is 12.3. The predicted molar refractivity (Wildman–Crippen MR) is 128 cm³/mol. The summed E-state index contributed by atoms with van der Waals surface area (Å²) in [5.41, 5.74) is 3.24. The third kappa shape index (κ3) is 4.16. The van der Waals surface area contributed by atoms with E-state index in [1.54, 1.807) is 11.8 Å². The van der Waals surface area contributed by atoms with E-state index in [0.717, 1.165) is 22.3 Å². The molecule has 3 unspecified atom stereocenters. The summed E-state index contributed by atoms with van der Waals surface area (Å²) < 4.78 is 11.2. The molecule has 3 aliphatic rings. The smallest absolute Gasteiger partial charge is 0.408 e. The second kappa shape index (κ2) is 9.34. The fourth-order valence-corrected chi connectivity index (χ4v) is 5.75. The van der Waals surface area contributed by atoms with Gasteiger partial charge < -0.3 is 24.8 Å². The minimum atomic E-state index is -1.25. The molecule has 0 aromatic heterocycles. The maximum Gasteiger partial charge on any atom is 0.408 e. The Kier molecular flexibility index (Phi) is 6.23. The zero-order chi connectivity index (χ0) is 24.6. The third-order valence-electron chi connectivity index (χ3n) is 7.68. The van der Waals surface area contributed by atoms with Crippen LogP contribution in [0.15, 0.2) is 48.5 Å². The number of hydrogen-bond donors (Lipinski definition) is 2. The maximum absolute atomic E-state index is 13.6. The first kappa shape index (κ1) is 23.4. The Morgan fingerprint density at radius 3 is 2.37 bits per heavy atom. The molecule has 2 aliphatic heterocycles. The zero-order valence-corrected chi connectivity index (χ0v) is 19.7. The second-order valence-corrected chi connectivity index (χ2v) is 9.66. The van der Waals surface area contributed by atoms with Crippen molar-refractivity contribution in [1.29, 1.82) is 0 Å². The number of fused-ring (bicyclic) bond motifs is 3. The summed E-state index contributed by atoms with van der Waals surface area (Å²) in [6.45, 7) is 2.73. The SMILES string of the molecule is CC1C(C(=O)O)CCCN1C(=O)C1(NC(=O)OCC2c3ccccc3-c3ccccc32)CCOC1. The average molecular weight is 479 g/mol. The van der Waals surface area contributed by atoms with Gasteiger partial charge in [-0.25, -0.2) is 4.79 Å². The van der Waals surface area contributed by atoms with Crippen LogP contribution in [0.2, 0.25) is 0 Å². The molecule has 2 fully saturated rings. The molecule has 2 aromatic carbocycles. The first-order valence-electron chi connectivity index (χ1n) is 12.2. The van der Waals surface area contributed by atoms with Gasteiger partial charge in [0.25, 0.3) is 5.91 Å². The number of carboxylic acid groups (broad SMARTS) is 1. The molecule has 5 rings (SSSR count). The van der Waals surface area contributed by atoms with Crippen LogP contribution in [0.5, 0.6) is 0 Å². The number of carbonyl (C=O) groups excluding carboxylic acids is 2. The number of benzene rings is 2. The molecule has 8 heteroatoms. The number of rotatable bonds is 5. The van der Waals surface area contributed by atoms with Crippen molar-refractivity contribution in [2.45, 2.75) is 43.7 Å². The Balaban J connectivity index is 1.30. The Morgan fingerprint density at radius 2 is 1.77 bits per heavy atom. The van der Waals surface area contributed by atoms with Crippen LogP contribution < -0.4 is 5.32 Å². The minimum absolute atomic E-state index is 0.0387. The van der Waals surface area contributed by atoms with E-state index in [9.17, 15) is 19.5 Å². The molecule has 0 saturated carbocycles. The number of nitrogens with zero attached hydrogens (tertiary/aromatic N) is 1. The molecular weight excluding hydrogens is 448 g/mol. The van der Waals surface area contributed by atoms with Gasteiger partial charge in [-0.3, -0.25) is 9.59 Å². The molecule has 2 saturated heterocycles. The number of alkyl carbamates (subject to hydrolysis) is 1. The van der Waals surface area contributed by atoms with Gasteiger partial charge in [-0.15, -0.1) is 0 Å². The minimum Gasteiger partial charge on any atom is -0.481 e. The van der Waals surface area contributed by atoms with E-state index < -0.39 is 29.6 Å². The van der Waals surface area contributed by atoms with E-state index >= 15 is 0 Å². The molecule has 0 radical (unpaired) electrons. The molecule has 1 aliphatic carbocycles. The lowest BCUT2D eigenvalue weighted by atomic mass is 9.87. The molecule has 2 N–H and O–H groups in total. The number of hydrogen-bond acceptors (Lipinski definition) is 5. The Bertz CT molecular complexity index is 1100. The molecule has 184 valence electrons. The van der Waals surface area contributed by atoms with Crippen molar-refractivity contribution >= 4 is 18.0 Å². The Morgan fingerprint density at radius 1 is 1.11 bits per heavy atom. The molecule has 0 bridgehead atoms. The summed E-state index contributed by atoms with van der Waals surface area (Å²) in [6, 6.07) is 15.7. The lowest BCUT2D eigenvalue weighted by Gasteiger charge is -2.42. The van der Waals surface area contributed by atoms with Crippen LogP contribution in [0, 0.1) is 5.92 Å².